The number of methoxy groups -OCH3 is 2. The van der Waals surface area contributed by atoms with E-state index in [9.17, 15) is 14.0 Å². The minimum absolute atomic E-state index is 0.147. The maximum absolute atomic E-state index is 12.9. The molecule has 0 saturated carbocycles. The van der Waals surface area contributed by atoms with Gasteiger partial charge in [0.25, 0.3) is 5.91 Å². The van der Waals surface area contributed by atoms with Crippen LogP contribution in [0.15, 0.2) is 47.4 Å². The first-order valence-electron chi connectivity index (χ1n) is 8.98. The average Bonchev–Trinajstić information content (AvgIpc) is 2.73. The largest absolute Gasteiger partial charge is 0.497 e. The Morgan fingerprint density at radius 3 is 2.48 bits per heavy atom. The van der Waals surface area contributed by atoms with E-state index in [1.807, 2.05) is 0 Å². The summed E-state index contributed by atoms with van der Waals surface area (Å²) in [7, 11) is 3.11. The highest BCUT2D eigenvalue weighted by Crippen LogP contribution is 2.29. The molecule has 156 valence electrons. The fourth-order valence-corrected chi connectivity index (χ4v) is 3.37. The molecule has 0 saturated heterocycles. The predicted molar refractivity (Wildman–Crippen MR) is 109 cm³/mol. The molecular formula is C21H24FNO5S. The molecule has 0 aliphatic rings. The van der Waals surface area contributed by atoms with Crippen LogP contribution in [0.1, 0.15) is 24.9 Å². The molecule has 2 rings (SSSR count). The first-order chi connectivity index (χ1) is 13.9. The minimum Gasteiger partial charge on any atom is -0.497 e. The Morgan fingerprint density at radius 1 is 1.10 bits per heavy atom. The molecule has 8 heteroatoms. The Balaban J connectivity index is 1.75. The number of hydrogen-bond acceptors (Lipinski definition) is 6. The lowest BCUT2D eigenvalue weighted by Crippen LogP contribution is -2.31. The van der Waals surface area contributed by atoms with Crippen LogP contribution in [-0.2, 0) is 14.3 Å². The number of amides is 1. The summed E-state index contributed by atoms with van der Waals surface area (Å²) in [4.78, 5) is 24.8. The summed E-state index contributed by atoms with van der Waals surface area (Å²) in [6.07, 6.45) is 0.147. The van der Waals surface area contributed by atoms with Gasteiger partial charge in [-0.15, -0.1) is 11.8 Å². The van der Waals surface area contributed by atoms with Crippen molar-refractivity contribution >= 4 is 23.6 Å². The third kappa shape index (κ3) is 7.30. The highest BCUT2D eigenvalue weighted by molar-refractivity contribution is 7.99. The van der Waals surface area contributed by atoms with Crippen LogP contribution in [0, 0.1) is 5.82 Å². The topological polar surface area (TPSA) is 73.9 Å². The summed E-state index contributed by atoms with van der Waals surface area (Å²) in [5.41, 5.74) is 0.752. The smallest absolute Gasteiger partial charge is 0.307 e. The van der Waals surface area contributed by atoms with Crippen molar-refractivity contribution in [2.24, 2.45) is 0 Å². The second-order valence-electron chi connectivity index (χ2n) is 6.11. The molecule has 0 aliphatic carbocycles. The second-order valence-corrected chi connectivity index (χ2v) is 7.28. The van der Waals surface area contributed by atoms with Crippen LogP contribution in [0.4, 0.5) is 4.39 Å². The van der Waals surface area contributed by atoms with Gasteiger partial charge in [0.15, 0.2) is 6.61 Å². The van der Waals surface area contributed by atoms with E-state index in [0.717, 1.165) is 10.5 Å². The van der Waals surface area contributed by atoms with Gasteiger partial charge >= 0.3 is 5.97 Å². The van der Waals surface area contributed by atoms with Crippen LogP contribution in [-0.4, -0.2) is 38.5 Å². The lowest BCUT2D eigenvalue weighted by Gasteiger charge is -2.18. The molecule has 0 aromatic heterocycles. The summed E-state index contributed by atoms with van der Waals surface area (Å²) in [5, 5.41) is 2.77. The van der Waals surface area contributed by atoms with Crippen molar-refractivity contribution in [3.8, 4) is 11.5 Å². The molecule has 0 radical (unpaired) electrons. The first kappa shape index (κ1) is 22.5. The molecule has 0 heterocycles. The number of halogens is 1. The highest BCUT2D eigenvalue weighted by atomic mass is 32.2. The number of nitrogens with one attached hydrogen (secondary N) is 1. The molecule has 0 spiro atoms. The van der Waals surface area contributed by atoms with Crippen molar-refractivity contribution in [2.45, 2.75) is 24.3 Å². The number of carbonyl (C=O) groups is 2. The van der Waals surface area contributed by atoms with Crippen molar-refractivity contribution in [1.29, 1.82) is 0 Å². The zero-order valence-corrected chi connectivity index (χ0v) is 17.4. The van der Waals surface area contributed by atoms with Gasteiger partial charge in [-0.1, -0.05) is 0 Å². The normalized spacial score (nSPS) is 11.4. The van der Waals surface area contributed by atoms with Gasteiger partial charge in [-0.2, -0.15) is 0 Å². The van der Waals surface area contributed by atoms with Crippen LogP contribution in [0.3, 0.4) is 0 Å². The Hall–Kier alpha value is -2.74. The molecular weight excluding hydrogens is 397 g/mol. The van der Waals surface area contributed by atoms with Crippen LogP contribution in [0.5, 0.6) is 11.5 Å². The SMILES string of the molecule is COc1ccc(OC)c([C@@H](C)NC(=O)COC(=O)CCSc2ccc(F)cc2)c1. The molecule has 6 nitrogen and oxygen atoms in total. The number of thioether (sulfide) groups is 1. The Morgan fingerprint density at radius 2 is 1.83 bits per heavy atom. The van der Waals surface area contributed by atoms with E-state index in [0.29, 0.717) is 17.3 Å². The Kier molecular flexibility index (Phi) is 8.79. The van der Waals surface area contributed by atoms with Crippen molar-refractivity contribution in [2.75, 3.05) is 26.6 Å². The maximum atomic E-state index is 12.9. The van der Waals surface area contributed by atoms with E-state index in [2.05, 4.69) is 5.32 Å². The molecule has 2 aromatic rings. The quantitative estimate of drug-likeness (QED) is 0.465. The summed E-state index contributed by atoms with van der Waals surface area (Å²) in [6.45, 7) is 1.44. The second kappa shape index (κ2) is 11.3. The molecule has 29 heavy (non-hydrogen) atoms. The van der Waals surface area contributed by atoms with E-state index in [-0.39, 0.29) is 24.9 Å². The van der Waals surface area contributed by atoms with Gasteiger partial charge in [0.1, 0.15) is 17.3 Å². The van der Waals surface area contributed by atoms with E-state index in [1.165, 1.54) is 23.9 Å². The zero-order chi connectivity index (χ0) is 21.2. The van der Waals surface area contributed by atoms with Crippen molar-refractivity contribution in [3.63, 3.8) is 0 Å². The summed E-state index contributed by atoms with van der Waals surface area (Å²) >= 11 is 1.41. The number of carbonyl (C=O) groups excluding carboxylic acids is 2. The number of benzene rings is 2. The number of esters is 1. The lowest BCUT2D eigenvalue weighted by molar-refractivity contribution is -0.148. The van der Waals surface area contributed by atoms with E-state index in [4.69, 9.17) is 14.2 Å². The highest BCUT2D eigenvalue weighted by Gasteiger charge is 2.16. The van der Waals surface area contributed by atoms with Gasteiger partial charge in [-0.05, 0) is 49.4 Å². The van der Waals surface area contributed by atoms with Crippen molar-refractivity contribution < 1.29 is 28.2 Å². The van der Waals surface area contributed by atoms with Crippen LogP contribution in [0.2, 0.25) is 0 Å². The van der Waals surface area contributed by atoms with E-state index < -0.39 is 11.9 Å². The Bertz CT molecular complexity index is 828. The summed E-state index contributed by atoms with van der Waals surface area (Å²) in [6, 6.07) is 11.0. The number of ether oxygens (including phenoxy) is 3. The molecule has 0 unspecified atom stereocenters. The van der Waals surface area contributed by atoms with E-state index >= 15 is 0 Å². The lowest BCUT2D eigenvalue weighted by atomic mass is 10.1. The third-order valence-corrected chi connectivity index (χ3v) is 5.05. The van der Waals surface area contributed by atoms with Crippen LogP contribution in [0.25, 0.3) is 0 Å². The molecule has 2 aromatic carbocycles. The van der Waals surface area contributed by atoms with Crippen molar-refractivity contribution in [1.82, 2.24) is 5.32 Å². The molecule has 1 amide bonds. The number of hydrogen-bond donors (Lipinski definition) is 1. The van der Waals surface area contributed by atoms with Gasteiger partial charge < -0.3 is 19.5 Å². The van der Waals surface area contributed by atoms with Crippen LogP contribution < -0.4 is 14.8 Å². The van der Waals surface area contributed by atoms with Crippen molar-refractivity contribution in [3.05, 3.63) is 53.8 Å². The molecule has 0 aliphatic heterocycles. The van der Waals surface area contributed by atoms with E-state index in [1.54, 1.807) is 51.5 Å². The van der Waals surface area contributed by atoms with Gasteiger partial charge in [0.05, 0.1) is 26.7 Å². The first-order valence-corrected chi connectivity index (χ1v) is 9.96. The Labute approximate surface area is 173 Å². The standard InChI is InChI=1S/C21H24FNO5S/c1-14(18-12-16(26-2)6-9-19(18)27-3)23-20(24)13-28-21(25)10-11-29-17-7-4-15(22)5-8-17/h4-9,12,14H,10-11,13H2,1-3H3,(H,23,24)/t14-/m1/s1. The monoisotopic (exact) mass is 421 g/mol. The third-order valence-electron chi connectivity index (χ3n) is 4.03. The average molecular weight is 421 g/mol. The number of rotatable bonds is 10. The molecule has 0 bridgehead atoms. The fraction of sp³-hybridized carbons (Fsp3) is 0.333. The summed E-state index contributed by atoms with van der Waals surface area (Å²) in [5.74, 6) is 0.549. The van der Waals surface area contributed by atoms with Gasteiger partial charge in [0.2, 0.25) is 0 Å². The van der Waals surface area contributed by atoms with Gasteiger partial charge in [0, 0.05) is 16.2 Å². The van der Waals surface area contributed by atoms with Gasteiger partial charge in [-0.3, -0.25) is 9.59 Å². The molecule has 1 N–H and O–H groups in total. The zero-order valence-electron chi connectivity index (χ0n) is 16.6. The summed E-state index contributed by atoms with van der Waals surface area (Å²) < 4.78 is 28.4. The van der Waals surface area contributed by atoms with Gasteiger partial charge in [-0.25, -0.2) is 4.39 Å². The fourth-order valence-electron chi connectivity index (χ4n) is 2.54. The minimum atomic E-state index is -0.471. The van der Waals surface area contributed by atoms with Crippen LogP contribution >= 0.6 is 11.8 Å². The molecule has 0 fully saturated rings. The predicted octanol–water partition coefficient (Wildman–Crippen LogP) is 3.75. The maximum Gasteiger partial charge on any atom is 0.307 e. The molecule has 1 atom stereocenters.